The van der Waals surface area contributed by atoms with E-state index in [0.717, 1.165) is 16.7 Å². The highest BCUT2D eigenvalue weighted by atomic mass is 35.5. The van der Waals surface area contributed by atoms with Gasteiger partial charge in [0.1, 0.15) is 0 Å². The van der Waals surface area contributed by atoms with E-state index in [1.165, 1.54) is 0 Å². The number of rotatable bonds is 1. The van der Waals surface area contributed by atoms with Gasteiger partial charge in [0, 0.05) is 18.9 Å². The van der Waals surface area contributed by atoms with Crippen molar-refractivity contribution in [1.82, 2.24) is 9.55 Å². The summed E-state index contributed by atoms with van der Waals surface area (Å²) in [5.41, 5.74) is 2.23. The fraction of sp³-hybridized carbons (Fsp3) is 0.333. The highest BCUT2D eigenvalue weighted by Crippen LogP contribution is 2.28. The van der Waals surface area contributed by atoms with Crippen LogP contribution < -0.4 is 0 Å². The molecule has 0 bridgehead atoms. The minimum atomic E-state index is -0.526. The summed E-state index contributed by atoms with van der Waals surface area (Å²) in [6.07, 6.45) is 1.62. The number of aryl methyl sites for hydroxylation is 1. The Morgan fingerprint density at radius 2 is 2.12 bits per heavy atom. The largest absolute Gasteiger partial charge is 0.345 e. The summed E-state index contributed by atoms with van der Waals surface area (Å²) >= 11 is 5.91. The Morgan fingerprint density at radius 1 is 1.44 bits per heavy atom. The predicted molar refractivity (Wildman–Crippen MR) is 64.4 cm³/mol. The predicted octanol–water partition coefficient (Wildman–Crippen LogP) is 3.03. The van der Waals surface area contributed by atoms with Crippen LogP contribution in [-0.4, -0.2) is 9.55 Å². The zero-order valence-corrected chi connectivity index (χ0v) is 10.2. The third-order valence-electron chi connectivity index (χ3n) is 2.78. The summed E-state index contributed by atoms with van der Waals surface area (Å²) in [5, 5.41) is 9.75. The molecular formula is C12H12ClN3. The molecule has 82 valence electrons. The highest BCUT2D eigenvalue weighted by Gasteiger charge is 2.24. The molecule has 0 saturated carbocycles. The van der Waals surface area contributed by atoms with Crippen molar-refractivity contribution in [1.29, 1.82) is 5.26 Å². The van der Waals surface area contributed by atoms with Crippen LogP contribution in [0.4, 0.5) is 0 Å². The molecule has 4 heteroatoms. The third kappa shape index (κ3) is 1.56. The van der Waals surface area contributed by atoms with E-state index in [9.17, 15) is 0 Å². The van der Waals surface area contributed by atoms with Gasteiger partial charge in [0.2, 0.25) is 0 Å². The van der Waals surface area contributed by atoms with Gasteiger partial charge in [-0.3, -0.25) is 4.98 Å². The van der Waals surface area contributed by atoms with Crippen LogP contribution in [0.3, 0.4) is 0 Å². The quantitative estimate of drug-likeness (QED) is 0.760. The SMILES string of the molecule is Cn1c(C(C)(C)C#N)cc2ncc(Cl)cc21. The number of nitriles is 1. The third-order valence-corrected chi connectivity index (χ3v) is 2.99. The molecule has 16 heavy (non-hydrogen) atoms. The second-order valence-corrected chi connectivity index (χ2v) is 4.82. The normalized spacial score (nSPS) is 11.7. The van der Waals surface area contributed by atoms with Gasteiger partial charge >= 0.3 is 0 Å². The van der Waals surface area contributed by atoms with Crippen molar-refractivity contribution in [3.63, 3.8) is 0 Å². The zero-order chi connectivity index (χ0) is 11.9. The summed E-state index contributed by atoms with van der Waals surface area (Å²) in [6.45, 7) is 3.78. The van der Waals surface area contributed by atoms with Crippen molar-refractivity contribution in [3.8, 4) is 6.07 Å². The molecule has 2 rings (SSSR count). The summed E-state index contributed by atoms with van der Waals surface area (Å²) in [4.78, 5) is 4.25. The fourth-order valence-electron chi connectivity index (χ4n) is 1.83. The number of hydrogen-bond acceptors (Lipinski definition) is 2. The maximum atomic E-state index is 9.14. The first-order chi connectivity index (χ1) is 7.45. The van der Waals surface area contributed by atoms with E-state index >= 15 is 0 Å². The maximum Gasteiger partial charge on any atom is 0.0918 e. The monoisotopic (exact) mass is 233 g/mol. The smallest absolute Gasteiger partial charge is 0.0918 e. The lowest BCUT2D eigenvalue weighted by Crippen LogP contribution is -2.17. The molecule has 0 fully saturated rings. The second kappa shape index (κ2) is 3.50. The first-order valence-electron chi connectivity index (χ1n) is 4.98. The number of fused-ring (bicyclic) bond motifs is 1. The van der Waals surface area contributed by atoms with Crippen LogP contribution in [-0.2, 0) is 12.5 Å². The van der Waals surface area contributed by atoms with Crippen LogP contribution in [0.15, 0.2) is 18.3 Å². The fourth-order valence-corrected chi connectivity index (χ4v) is 1.98. The lowest BCUT2D eigenvalue weighted by Gasteiger charge is -2.16. The maximum absolute atomic E-state index is 9.14. The molecule has 2 aromatic heterocycles. The van der Waals surface area contributed by atoms with E-state index in [2.05, 4.69) is 11.1 Å². The summed E-state index contributed by atoms with van der Waals surface area (Å²) < 4.78 is 1.97. The second-order valence-electron chi connectivity index (χ2n) is 4.38. The van der Waals surface area contributed by atoms with Gasteiger partial charge < -0.3 is 4.57 Å². The van der Waals surface area contributed by atoms with Gasteiger partial charge in [-0.15, -0.1) is 0 Å². The van der Waals surface area contributed by atoms with Crippen LogP contribution in [0.1, 0.15) is 19.5 Å². The summed E-state index contributed by atoms with van der Waals surface area (Å²) in [6, 6.07) is 6.09. The molecule has 0 aromatic carbocycles. The number of pyridine rings is 1. The molecule has 2 aromatic rings. The summed E-state index contributed by atoms with van der Waals surface area (Å²) in [7, 11) is 1.93. The standard InChI is InChI=1S/C12H12ClN3/c1-12(2,7-14)11-5-9-10(16(11)3)4-8(13)6-15-9/h4-6H,1-3H3. The minimum Gasteiger partial charge on any atom is -0.345 e. The van der Waals surface area contributed by atoms with E-state index in [4.69, 9.17) is 16.9 Å². The minimum absolute atomic E-state index is 0.526. The molecule has 3 nitrogen and oxygen atoms in total. The molecule has 0 aliphatic heterocycles. The number of aromatic nitrogens is 2. The van der Waals surface area contributed by atoms with Crippen molar-refractivity contribution >= 4 is 22.6 Å². The average Bonchev–Trinajstić information content (AvgIpc) is 2.57. The van der Waals surface area contributed by atoms with E-state index in [0.29, 0.717) is 5.02 Å². The zero-order valence-electron chi connectivity index (χ0n) is 9.45. The van der Waals surface area contributed by atoms with Gasteiger partial charge in [-0.1, -0.05) is 11.6 Å². The van der Waals surface area contributed by atoms with E-state index in [1.54, 1.807) is 6.20 Å². The van der Waals surface area contributed by atoms with Crippen LogP contribution >= 0.6 is 11.6 Å². The van der Waals surface area contributed by atoms with E-state index in [1.807, 2.05) is 37.6 Å². The van der Waals surface area contributed by atoms with Gasteiger partial charge in [0.15, 0.2) is 0 Å². The van der Waals surface area contributed by atoms with E-state index in [-0.39, 0.29) is 0 Å². The Balaban J connectivity index is 2.76. The lowest BCUT2D eigenvalue weighted by atomic mass is 9.91. The van der Waals surface area contributed by atoms with Crippen LogP contribution in [0.2, 0.25) is 5.02 Å². The molecule has 0 spiro atoms. The average molecular weight is 234 g/mol. The molecule has 0 aliphatic carbocycles. The van der Waals surface area contributed by atoms with Gasteiger partial charge in [0.05, 0.1) is 27.5 Å². The van der Waals surface area contributed by atoms with Crippen molar-refractivity contribution < 1.29 is 0 Å². The van der Waals surface area contributed by atoms with Gasteiger partial charge in [0.25, 0.3) is 0 Å². The Morgan fingerprint density at radius 3 is 2.75 bits per heavy atom. The first kappa shape index (κ1) is 11.0. The Hall–Kier alpha value is -1.53. The number of hydrogen-bond donors (Lipinski definition) is 0. The first-order valence-corrected chi connectivity index (χ1v) is 5.36. The Bertz CT molecular complexity index is 590. The molecule has 0 aliphatic rings. The molecule has 0 N–H and O–H groups in total. The van der Waals surface area contributed by atoms with Crippen LogP contribution in [0, 0.1) is 11.3 Å². The van der Waals surface area contributed by atoms with Gasteiger partial charge in [-0.05, 0) is 26.0 Å². The number of halogens is 1. The topological polar surface area (TPSA) is 41.6 Å². The molecule has 0 radical (unpaired) electrons. The molecule has 0 unspecified atom stereocenters. The molecule has 2 heterocycles. The van der Waals surface area contributed by atoms with Crippen molar-refractivity contribution in [3.05, 3.63) is 29.0 Å². The number of nitrogens with zero attached hydrogens (tertiary/aromatic N) is 3. The molecule has 0 saturated heterocycles. The van der Waals surface area contributed by atoms with Crippen molar-refractivity contribution in [2.45, 2.75) is 19.3 Å². The highest BCUT2D eigenvalue weighted by molar-refractivity contribution is 6.31. The summed E-state index contributed by atoms with van der Waals surface area (Å²) in [5.74, 6) is 0. The molecule has 0 atom stereocenters. The molecule has 0 amide bonds. The van der Waals surface area contributed by atoms with Crippen LogP contribution in [0.25, 0.3) is 11.0 Å². The van der Waals surface area contributed by atoms with Crippen molar-refractivity contribution in [2.24, 2.45) is 7.05 Å². The van der Waals surface area contributed by atoms with Gasteiger partial charge in [-0.2, -0.15) is 5.26 Å². The van der Waals surface area contributed by atoms with Crippen molar-refractivity contribution in [2.75, 3.05) is 0 Å². The van der Waals surface area contributed by atoms with E-state index < -0.39 is 5.41 Å². The molecular weight excluding hydrogens is 222 g/mol. The van der Waals surface area contributed by atoms with Gasteiger partial charge in [-0.25, -0.2) is 0 Å². The lowest BCUT2D eigenvalue weighted by molar-refractivity contribution is 0.627. The Kier molecular flexibility index (Phi) is 2.40. The Labute approximate surface area is 99.3 Å². The van der Waals surface area contributed by atoms with Crippen LogP contribution in [0.5, 0.6) is 0 Å².